The standard InChI is InChI=1S/C13H19BrFNO/c1-3-16-13(5-4-8-17-2)11-7-6-10(15)9-12(11)14/h6-7,9,13,16H,3-5,8H2,1-2H3. The first-order chi connectivity index (χ1) is 8.19. The van der Waals surface area contributed by atoms with Gasteiger partial charge in [0.05, 0.1) is 0 Å². The predicted octanol–water partition coefficient (Wildman–Crippen LogP) is 3.67. The Labute approximate surface area is 111 Å². The molecule has 0 fully saturated rings. The first kappa shape index (κ1) is 14.6. The minimum Gasteiger partial charge on any atom is -0.385 e. The molecule has 0 saturated heterocycles. The molecule has 1 atom stereocenters. The zero-order valence-corrected chi connectivity index (χ0v) is 11.9. The number of hydrogen-bond donors (Lipinski definition) is 1. The van der Waals surface area contributed by atoms with Gasteiger partial charge in [-0.05, 0) is 37.1 Å². The van der Waals surface area contributed by atoms with Crippen LogP contribution < -0.4 is 5.32 Å². The van der Waals surface area contributed by atoms with Crippen molar-refractivity contribution >= 4 is 15.9 Å². The van der Waals surface area contributed by atoms with E-state index in [0.29, 0.717) is 0 Å². The molecule has 1 N–H and O–H groups in total. The predicted molar refractivity (Wildman–Crippen MR) is 71.6 cm³/mol. The SMILES string of the molecule is CCNC(CCCOC)c1ccc(F)cc1Br. The maximum atomic E-state index is 13.0. The molecule has 96 valence electrons. The third-order valence-electron chi connectivity index (χ3n) is 2.63. The van der Waals surface area contributed by atoms with Crippen molar-refractivity contribution in [3.05, 3.63) is 34.1 Å². The summed E-state index contributed by atoms with van der Waals surface area (Å²) in [6.45, 7) is 3.71. The van der Waals surface area contributed by atoms with E-state index in [4.69, 9.17) is 4.74 Å². The highest BCUT2D eigenvalue weighted by Gasteiger charge is 2.13. The Hall–Kier alpha value is -0.450. The van der Waals surface area contributed by atoms with Crippen molar-refractivity contribution in [3.63, 3.8) is 0 Å². The van der Waals surface area contributed by atoms with Crippen LogP contribution in [-0.2, 0) is 4.74 Å². The van der Waals surface area contributed by atoms with Crippen LogP contribution in [0, 0.1) is 5.82 Å². The van der Waals surface area contributed by atoms with E-state index in [9.17, 15) is 4.39 Å². The van der Waals surface area contributed by atoms with Gasteiger partial charge in [-0.25, -0.2) is 4.39 Å². The van der Waals surface area contributed by atoms with E-state index in [1.807, 2.05) is 6.07 Å². The van der Waals surface area contributed by atoms with Gasteiger partial charge in [-0.1, -0.05) is 28.9 Å². The largest absolute Gasteiger partial charge is 0.385 e. The van der Waals surface area contributed by atoms with Gasteiger partial charge in [0.1, 0.15) is 5.82 Å². The molecule has 2 nitrogen and oxygen atoms in total. The van der Waals surface area contributed by atoms with Crippen LogP contribution in [0.15, 0.2) is 22.7 Å². The van der Waals surface area contributed by atoms with Gasteiger partial charge >= 0.3 is 0 Å². The van der Waals surface area contributed by atoms with Crippen LogP contribution in [0.2, 0.25) is 0 Å². The van der Waals surface area contributed by atoms with E-state index in [-0.39, 0.29) is 11.9 Å². The number of hydrogen-bond acceptors (Lipinski definition) is 2. The highest BCUT2D eigenvalue weighted by molar-refractivity contribution is 9.10. The molecule has 1 rings (SSSR count). The summed E-state index contributed by atoms with van der Waals surface area (Å²) >= 11 is 3.42. The fraction of sp³-hybridized carbons (Fsp3) is 0.538. The number of nitrogens with one attached hydrogen (secondary N) is 1. The summed E-state index contributed by atoms with van der Waals surface area (Å²) in [5, 5.41) is 3.41. The van der Waals surface area contributed by atoms with Crippen LogP contribution in [0.4, 0.5) is 4.39 Å². The zero-order chi connectivity index (χ0) is 12.7. The van der Waals surface area contributed by atoms with Crippen LogP contribution in [0.25, 0.3) is 0 Å². The number of methoxy groups -OCH3 is 1. The van der Waals surface area contributed by atoms with Crippen molar-refractivity contribution in [1.82, 2.24) is 5.32 Å². The van der Waals surface area contributed by atoms with Gasteiger partial charge in [0.25, 0.3) is 0 Å². The smallest absolute Gasteiger partial charge is 0.124 e. The van der Waals surface area contributed by atoms with Gasteiger partial charge in [-0.15, -0.1) is 0 Å². The Balaban J connectivity index is 2.74. The van der Waals surface area contributed by atoms with Gasteiger partial charge in [-0.2, -0.15) is 0 Å². The van der Waals surface area contributed by atoms with E-state index in [0.717, 1.165) is 36.0 Å². The van der Waals surface area contributed by atoms with E-state index in [2.05, 4.69) is 28.2 Å². The Morgan fingerprint density at radius 2 is 2.24 bits per heavy atom. The summed E-state index contributed by atoms with van der Waals surface area (Å²) in [5.41, 5.74) is 1.10. The van der Waals surface area contributed by atoms with Crippen LogP contribution in [-0.4, -0.2) is 20.3 Å². The third-order valence-corrected chi connectivity index (χ3v) is 3.32. The quantitative estimate of drug-likeness (QED) is 0.776. The molecular weight excluding hydrogens is 285 g/mol. The summed E-state index contributed by atoms with van der Waals surface area (Å²) < 4.78 is 18.9. The number of rotatable bonds is 7. The maximum Gasteiger partial charge on any atom is 0.124 e. The van der Waals surface area contributed by atoms with Gasteiger partial charge in [-0.3, -0.25) is 0 Å². The maximum absolute atomic E-state index is 13.0. The van der Waals surface area contributed by atoms with E-state index >= 15 is 0 Å². The second-order valence-corrected chi connectivity index (χ2v) is 4.77. The molecule has 0 bridgehead atoms. The summed E-state index contributed by atoms with van der Waals surface area (Å²) in [4.78, 5) is 0. The van der Waals surface area contributed by atoms with Crippen LogP contribution in [0.1, 0.15) is 31.4 Å². The molecule has 0 radical (unpaired) electrons. The lowest BCUT2D eigenvalue weighted by molar-refractivity contribution is 0.189. The van der Waals surface area contributed by atoms with E-state index in [1.165, 1.54) is 12.1 Å². The van der Waals surface area contributed by atoms with E-state index < -0.39 is 0 Å². The zero-order valence-electron chi connectivity index (χ0n) is 10.3. The van der Waals surface area contributed by atoms with Crippen molar-refractivity contribution in [2.45, 2.75) is 25.8 Å². The molecule has 0 spiro atoms. The average Bonchev–Trinajstić information content (AvgIpc) is 2.28. The Morgan fingerprint density at radius 3 is 2.82 bits per heavy atom. The molecule has 4 heteroatoms. The van der Waals surface area contributed by atoms with Gasteiger partial charge in [0, 0.05) is 24.2 Å². The molecular formula is C13H19BrFNO. The summed E-state index contributed by atoms with van der Waals surface area (Å²) in [5.74, 6) is -0.215. The number of benzene rings is 1. The Morgan fingerprint density at radius 1 is 1.47 bits per heavy atom. The highest BCUT2D eigenvalue weighted by Crippen LogP contribution is 2.27. The molecule has 0 aliphatic rings. The van der Waals surface area contributed by atoms with Crippen molar-refractivity contribution in [2.75, 3.05) is 20.3 Å². The van der Waals surface area contributed by atoms with Crippen molar-refractivity contribution in [3.8, 4) is 0 Å². The van der Waals surface area contributed by atoms with Gasteiger partial charge in [0.15, 0.2) is 0 Å². The molecule has 1 aromatic rings. The van der Waals surface area contributed by atoms with E-state index in [1.54, 1.807) is 7.11 Å². The lowest BCUT2D eigenvalue weighted by Gasteiger charge is -2.19. The summed E-state index contributed by atoms with van der Waals surface area (Å²) in [6, 6.07) is 5.08. The fourth-order valence-corrected chi connectivity index (χ4v) is 2.46. The highest BCUT2D eigenvalue weighted by atomic mass is 79.9. The number of halogens is 2. The van der Waals surface area contributed by atoms with Crippen molar-refractivity contribution < 1.29 is 9.13 Å². The van der Waals surface area contributed by atoms with Gasteiger partial charge < -0.3 is 10.1 Å². The van der Waals surface area contributed by atoms with Crippen molar-refractivity contribution in [2.24, 2.45) is 0 Å². The van der Waals surface area contributed by atoms with Crippen molar-refractivity contribution in [1.29, 1.82) is 0 Å². The lowest BCUT2D eigenvalue weighted by Crippen LogP contribution is -2.21. The van der Waals surface area contributed by atoms with Crippen LogP contribution in [0.5, 0.6) is 0 Å². The minimum atomic E-state index is -0.215. The molecule has 0 amide bonds. The van der Waals surface area contributed by atoms with Crippen LogP contribution >= 0.6 is 15.9 Å². The summed E-state index contributed by atoms with van der Waals surface area (Å²) in [6.07, 6.45) is 1.96. The van der Waals surface area contributed by atoms with Crippen LogP contribution in [0.3, 0.4) is 0 Å². The molecule has 0 aromatic heterocycles. The minimum absolute atomic E-state index is 0.215. The summed E-state index contributed by atoms with van der Waals surface area (Å²) in [7, 11) is 1.70. The molecule has 1 aromatic carbocycles. The third kappa shape index (κ3) is 4.74. The first-order valence-electron chi connectivity index (χ1n) is 5.86. The van der Waals surface area contributed by atoms with Gasteiger partial charge in [0.2, 0.25) is 0 Å². The first-order valence-corrected chi connectivity index (χ1v) is 6.65. The molecule has 0 heterocycles. The Kier molecular flexibility index (Phi) is 6.70. The normalized spacial score (nSPS) is 12.7. The molecule has 0 aliphatic heterocycles. The second-order valence-electron chi connectivity index (χ2n) is 3.91. The topological polar surface area (TPSA) is 21.3 Å². The second kappa shape index (κ2) is 7.80. The Bertz CT molecular complexity index is 346. The monoisotopic (exact) mass is 303 g/mol. The average molecular weight is 304 g/mol. The lowest BCUT2D eigenvalue weighted by atomic mass is 10.0. The number of ether oxygens (including phenoxy) is 1. The molecule has 0 aliphatic carbocycles. The fourth-order valence-electron chi connectivity index (χ4n) is 1.83. The molecule has 1 unspecified atom stereocenters. The molecule has 0 saturated carbocycles. The molecule has 17 heavy (non-hydrogen) atoms.